The molecule has 0 bridgehead atoms. The number of hydrogen-bond donors (Lipinski definition) is 2. The molecule has 1 aliphatic carbocycles. The Bertz CT molecular complexity index is 615. The summed E-state index contributed by atoms with van der Waals surface area (Å²) in [5.74, 6) is 0.320. The van der Waals surface area contributed by atoms with Crippen molar-refractivity contribution >= 4 is 35.6 Å². The second-order valence-corrected chi connectivity index (χ2v) is 6.87. The zero-order valence-corrected chi connectivity index (χ0v) is 15.4. The first-order valence-corrected chi connectivity index (χ1v) is 9.12. The third kappa shape index (κ3) is 4.66. The summed E-state index contributed by atoms with van der Waals surface area (Å²) in [7, 11) is 0. The normalized spacial score (nSPS) is 17.4. The van der Waals surface area contributed by atoms with E-state index in [9.17, 15) is 9.59 Å². The minimum atomic E-state index is 0. The number of halogens is 1. The molecular weight excluding hydrogens is 338 g/mol. The molecule has 0 aromatic heterocycles. The lowest BCUT2D eigenvalue weighted by Gasteiger charge is -2.30. The van der Waals surface area contributed by atoms with Crippen LogP contribution >= 0.6 is 12.4 Å². The number of carbonyl (C=O) groups is 2. The number of carbonyl (C=O) groups excluding carboxylic acids is 2. The Hall–Kier alpha value is -1.75. The molecule has 2 aliphatic rings. The highest BCUT2D eigenvalue weighted by Gasteiger charge is 2.24. The molecule has 2 amide bonds. The Balaban J connectivity index is 0.00000225. The second kappa shape index (κ2) is 9.09. The van der Waals surface area contributed by atoms with Crippen LogP contribution in [0.15, 0.2) is 18.2 Å². The fourth-order valence-electron chi connectivity index (χ4n) is 3.85. The number of anilines is 2. The quantitative estimate of drug-likeness (QED) is 0.805. The Morgan fingerprint density at radius 1 is 1.16 bits per heavy atom. The predicted molar refractivity (Wildman–Crippen MR) is 103 cm³/mol. The minimum Gasteiger partial charge on any atom is -0.398 e. The van der Waals surface area contributed by atoms with Crippen molar-refractivity contribution in [2.24, 2.45) is 5.92 Å². The highest BCUT2D eigenvalue weighted by molar-refractivity contribution is 5.95. The number of nitrogens with one attached hydrogen (secondary N) is 1. The van der Waals surface area contributed by atoms with Crippen molar-refractivity contribution in [3.63, 3.8) is 0 Å². The molecule has 1 aliphatic heterocycles. The fourth-order valence-corrected chi connectivity index (χ4v) is 3.85. The number of amides is 2. The van der Waals surface area contributed by atoms with Crippen LogP contribution in [-0.2, 0) is 16.0 Å². The number of fused-ring (bicyclic) bond motifs is 1. The predicted octanol–water partition coefficient (Wildman–Crippen LogP) is 3.06. The molecule has 0 atom stereocenters. The maximum Gasteiger partial charge on any atom is 0.228 e. The van der Waals surface area contributed by atoms with Gasteiger partial charge in [-0.2, -0.15) is 0 Å². The van der Waals surface area contributed by atoms with Crippen LogP contribution in [0.5, 0.6) is 0 Å². The van der Waals surface area contributed by atoms with Crippen LogP contribution in [0.2, 0.25) is 0 Å². The van der Waals surface area contributed by atoms with Gasteiger partial charge < -0.3 is 16.0 Å². The molecule has 0 spiro atoms. The van der Waals surface area contributed by atoms with Crippen LogP contribution in [0.4, 0.5) is 11.4 Å². The maximum absolute atomic E-state index is 12.6. The van der Waals surface area contributed by atoms with E-state index < -0.39 is 0 Å². The summed E-state index contributed by atoms with van der Waals surface area (Å²) >= 11 is 0. The molecule has 0 unspecified atom stereocenters. The van der Waals surface area contributed by atoms with E-state index in [-0.39, 0.29) is 30.1 Å². The maximum atomic E-state index is 12.6. The van der Waals surface area contributed by atoms with Crippen molar-refractivity contribution < 1.29 is 9.59 Å². The number of benzene rings is 1. The molecule has 1 aromatic rings. The molecule has 138 valence electrons. The van der Waals surface area contributed by atoms with E-state index in [1.54, 1.807) is 0 Å². The van der Waals surface area contributed by atoms with Crippen LogP contribution in [0, 0.1) is 5.92 Å². The van der Waals surface area contributed by atoms with Crippen LogP contribution in [0.3, 0.4) is 0 Å². The van der Waals surface area contributed by atoms with E-state index in [4.69, 9.17) is 5.73 Å². The third-order valence-corrected chi connectivity index (χ3v) is 5.20. The van der Waals surface area contributed by atoms with Crippen molar-refractivity contribution in [3.05, 3.63) is 23.8 Å². The molecule has 5 nitrogen and oxygen atoms in total. The van der Waals surface area contributed by atoms with E-state index in [0.717, 1.165) is 62.0 Å². The topological polar surface area (TPSA) is 75.4 Å². The molecule has 1 aromatic carbocycles. The Kier molecular flexibility index (Phi) is 7.12. The average Bonchev–Trinajstić information content (AvgIpc) is 2.62. The minimum absolute atomic E-state index is 0. The molecule has 3 N–H and O–H groups in total. The molecule has 0 radical (unpaired) electrons. The summed E-state index contributed by atoms with van der Waals surface area (Å²) in [5, 5.41) is 2.95. The summed E-state index contributed by atoms with van der Waals surface area (Å²) in [6, 6.07) is 5.74. The van der Waals surface area contributed by atoms with Crippen molar-refractivity contribution in [1.29, 1.82) is 0 Å². The van der Waals surface area contributed by atoms with Gasteiger partial charge in [0.1, 0.15) is 0 Å². The van der Waals surface area contributed by atoms with Gasteiger partial charge in [0, 0.05) is 36.8 Å². The van der Waals surface area contributed by atoms with Gasteiger partial charge in [-0.1, -0.05) is 25.3 Å². The monoisotopic (exact) mass is 365 g/mol. The average molecular weight is 366 g/mol. The fraction of sp³-hybridized carbons (Fsp3) is 0.579. The molecule has 25 heavy (non-hydrogen) atoms. The van der Waals surface area contributed by atoms with Crippen LogP contribution in [0.25, 0.3) is 0 Å². The SMILES string of the molecule is Cl.Nc1cccc2c1CCCN2C(=O)CCNC(=O)C1CCCCC1. The van der Waals surface area contributed by atoms with Gasteiger partial charge in [0.05, 0.1) is 0 Å². The van der Waals surface area contributed by atoms with Crippen LogP contribution in [0.1, 0.15) is 50.5 Å². The van der Waals surface area contributed by atoms with Gasteiger partial charge in [0.2, 0.25) is 11.8 Å². The number of nitrogen functional groups attached to an aromatic ring is 1. The van der Waals surface area contributed by atoms with Crippen molar-refractivity contribution in [2.45, 2.75) is 51.4 Å². The van der Waals surface area contributed by atoms with Crippen LogP contribution in [-0.4, -0.2) is 24.9 Å². The first-order valence-electron chi connectivity index (χ1n) is 9.12. The highest BCUT2D eigenvalue weighted by atomic mass is 35.5. The van der Waals surface area contributed by atoms with E-state index in [2.05, 4.69) is 5.32 Å². The van der Waals surface area contributed by atoms with Crippen molar-refractivity contribution in [1.82, 2.24) is 5.32 Å². The van der Waals surface area contributed by atoms with E-state index >= 15 is 0 Å². The highest BCUT2D eigenvalue weighted by Crippen LogP contribution is 2.31. The summed E-state index contributed by atoms with van der Waals surface area (Å²) in [5.41, 5.74) is 8.80. The standard InChI is InChI=1S/C19H27N3O2.ClH/c20-16-9-4-10-17-15(16)8-5-13-22(17)18(23)11-12-21-19(24)14-6-2-1-3-7-14;/h4,9-10,14H,1-3,5-8,11-13,20H2,(H,21,24);1H. The molecule has 1 saturated carbocycles. The second-order valence-electron chi connectivity index (χ2n) is 6.87. The smallest absolute Gasteiger partial charge is 0.228 e. The number of rotatable bonds is 4. The lowest BCUT2D eigenvalue weighted by molar-refractivity contribution is -0.126. The Morgan fingerprint density at radius 2 is 1.92 bits per heavy atom. The lowest BCUT2D eigenvalue weighted by atomic mass is 9.89. The number of nitrogens with two attached hydrogens (primary N) is 1. The van der Waals surface area contributed by atoms with Gasteiger partial charge in [0.25, 0.3) is 0 Å². The molecule has 1 fully saturated rings. The van der Waals surface area contributed by atoms with E-state index in [1.165, 1.54) is 6.42 Å². The van der Waals surface area contributed by atoms with Gasteiger partial charge in [-0.05, 0) is 43.4 Å². The number of nitrogens with zero attached hydrogens (tertiary/aromatic N) is 1. The zero-order valence-electron chi connectivity index (χ0n) is 14.6. The van der Waals surface area contributed by atoms with Gasteiger partial charge in [-0.3, -0.25) is 9.59 Å². The van der Waals surface area contributed by atoms with Gasteiger partial charge in [0.15, 0.2) is 0 Å². The van der Waals surface area contributed by atoms with Gasteiger partial charge in [-0.15, -0.1) is 12.4 Å². The first kappa shape index (κ1) is 19.6. The van der Waals surface area contributed by atoms with E-state index in [1.807, 2.05) is 23.1 Å². The summed E-state index contributed by atoms with van der Waals surface area (Å²) < 4.78 is 0. The lowest BCUT2D eigenvalue weighted by Crippen LogP contribution is -2.39. The largest absolute Gasteiger partial charge is 0.398 e. The van der Waals surface area contributed by atoms with E-state index in [0.29, 0.717) is 13.0 Å². The molecule has 6 heteroatoms. The van der Waals surface area contributed by atoms with Crippen molar-refractivity contribution in [2.75, 3.05) is 23.7 Å². The summed E-state index contributed by atoms with van der Waals surface area (Å²) in [4.78, 5) is 26.5. The summed E-state index contributed by atoms with van der Waals surface area (Å²) in [6.45, 7) is 1.15. The Labute approximate surface area is 155 Å². The van der Waals surface area contributed by atoms with Crippen LogP contribution < -0.4 is 16.0 Å². The Morgan fingerprint density at radius 3 is 2.68 bits per heavy atom. The molecule has 0 saturated heterocycles. The molecule has 3 rings (SSSR count). The zero-order chi connectivity index (χ0) is 16.9. The summed E-state index contributed by atoms with van der Waals surface area (Å²) in [6.07, 6.45) is 7.68. The molecule has 1 heterocycles. The van der Waals surface area contributed by atoms with Crippen molar-refractivity contribution in [3.8, 4) is 0 Å². The first-order chi connectivity index (χ1) is 11.7. The number of hydrogen-bond acceptors (Lipinski definition) is 3. The van der Waals surface area contributed by atoms with Gasteiger partial charge in [-0.25, -0.2) is 0 Å². The molecular formula is C19H28ClN3O2. The third-order valence-electron chi connectivity index (χ3n) is 5.20. The van der Waals surface area contributed by atoms with Gasteiger partial charge >= 0.3 is 0 Å².